The van der Waals surface area contributed by atoms with Crippen molar-refractivity contribution in [2.45, 2.75) is 30.8 Å². The smallest absolute Gasteiger partial charge is 0.331 e. The Hall–Kier alpha value is -2.13. The third-order valence-electron chi connectivity index (χ3n) is 3.86. The predicted octanol–water partition coefficient (Wildman–Crippen LogP) is 0.617. The average Bonchev–Trinajstić information content (AvgIpc) is 3.03. The molecule has 7 nitrogen and oxygen atoms in total. The lowest BCUT2D eigenvalue weighted by atomic mass is 9.96. The molecule has 0 radical (unpaired) electrons. The number of amides is 2. The Bertz CT molecular complexity index is 743. The van der Waals surface area contributed by atoms with Gasteiger partial charge in [-0.05, 0) is 23.8 Å². The third-order valence-corrected chi connectivity index (χ3v) is 5.90. The van der Waals surface area contributed by atoms with Gasteiger partial charge in [0.25, 0.3) is 0 Å². The number of carbonyl (C=O) groups excluding carboxylic acids is 3. The SMILES string of the molecule is CC(=O)C1=CS[C@H]2C(NC(=O)Cc3cccs3)C(=O)N2C1C(=O)O. The van der Waals surface area contributed by atoms with Crippen molar-refractivity contribution < 1.29 is 24.3 Å². The van der Waals surface area contributed by atoms with Gasteiger partial charge in [-0.25, -0.2) is 4.79 Å². The normalized spacial score (nSPS) is 25.4. The van der Waals surface area contributed by atoms with Crippen LogP contribution in [0.15, 0.2) is 28.5 Å². The second-order valence-electron chi connectivity index (χ2n) is 5.44. The van der Waals surface area contributed by atoms with Gasteiger partial charge in [0.15, 0.2) is 11.8 Å². The van der Waals surface area contributed by atoms with Crippen molar-refractivity contribution in [2.75, 3.05) is 0 Å². The Morgan fingerprint density at radius 3 is 2.71 bits per heavy atom. The number of β-lactam (4-membered cyclic amide) rings is 1. The predicted molar refractivity (Wildman–Crippen MR) is 88.4 cm³/mol. The quantitative estimate of drug-likeness (QED) is 0.741. The highest BCUT2D eigenvalue weighted by Gasteiger charge is 2.56. The number of ketones is 1. The van der Waals surface area contributed by atoms with Gasteiger partial charge in [0.1, 0.15) is 11.4 Å². The molecule has 9 heteroatoms. The van der Waals surface area contributed by atoms with E-state index >= 15 is 0 Å². The Morgan fingerprint density at radius 2 is 2.12 bits per heavy atom. The molecule has 1 aromatic heterocycles. The summed E-state index contributed by atoms with van der Waals surface area (Å²) in [6.07, 6.45) is 0.176. The van der Waals surface area contributed by atoms with Crippen molar-refractivity contribution in [1.29, 1.82) is 0 Å². The number of carboxylic acids is 1. The van der Waals surface area contributed by atoms with Crippen molar-refractivity contribution in [2.24, 2.45) is 0 Å². The molecule has 0 aliphatic carbocycles. The van der Waals surface area contributed by atoms with Crippen molar-refractivity contribution in [3.05, 3.63) is 33.4 Å². The van der Waals surface area contributed by atoms with Crippen molar-refractivity contribution in [3.63, 3.8) is 0 Å². The molecule has 0 spiro atoms. The first-order valence-electron chi connectivity index (χ1n) is 7.13. The van der Waals surface area contributed by atoms with Gasteiger partial charge in [0.05, 0.1) is 6.42 Å². The van der Waals surface area contributed by atoms with Gasteiger partial charge in [-0.2, -0.15) is 0 Å². The molecular weight excluding hydrogens is 352 g/mol. The van der Waals surface area contributed by atoms with Crippen LogP contribution in [0.5, 0.6) is 0 Å². The zero-order valence-electron chi connectivity index (χ0n) is 12.6. The summed E-state index contributed by atoms with van der Waals surface area (Å²) in [5.41, 5.74) is 0.0838. The number of carbonyl (C=O) groups is 4. The minimum absolute atomic E-state index is 0.0838. The Balaban J connectivity index is 1.72. The first-order chi connectivity index (χ1) is 11.4. The molecule has 3 rings (SSSR count). The highest BCUT2D eigenvalue weighted by Crippen LogP contribution is 2.40. The molecule has 24 heavy (non-hydrogen) atoms. The number of nitrogens with zero attached hydrogens (tertiary/aromatic N) is 1. The first kappa shape index (κ1) is 16.7. The highest BCUT2D eigenvalue weighted by molar-refractivity contribution is 8.03. The minimum atomic E-state index is -1.29. The van der Waals surface area contributed by atoms with E-state index in [0.29, 0.717) is 0 Å². The molecule has 1 fully saturated rings. The number of thioether (sulfide) groups is 1. The van der Waals surface area contributed by atoms with E-state index in [1.807, 2.05) is 17.5 Å². The molecule has 0 saturated carbocycles. The van der Waals surface area contributed by atoms with Gasteiger partial charge >= 0.3 is 5.97 Å². The van der Waals surface area contributed by atoms with Crippen molar-refractivity contribution >= 4 is 46.7 Å². The van der Waals surface area contributed by atoms with Crippen molar-refractivity contribution in [1.82, 2.24) is 10.2 Å². The summed E-state index contributed by atoms with van der Waals surface area (Å²) in [5.74, 6) is -2.40. The van der Waals surface area contributed by atoms with Crippen LogP contribution < -0.4 is 5.32 Å². The number of carboxylic acid groups (broad SMARTS) is 1. The summed E-state index contributed by atoms with van der Waals surface area (Å²) in [5, 5.41) is 14.8. The number of Topliss-reactive ketones (excluding diaryl/α,β-unsaturated/α-hetero) is 1. The van der Waals surface area contributed by atoms with Crippen LogP contribution in [0, 0.1) is 0 Å². The number of fused-ring (bicyclic) bond motifs is 1. The highest BCUT2D eigenvalue weighted by atomic mass is 32.2. The fraction of sp³-hybridized carbons (Fsp3) is 0.333. The number of thiophene rings is 1. The van der Waals surface area contributed by atoms with Gasteiger partial charge < -0.3 is 15.3 Å². The molecule has 2 unspecified atom stereocenters. The third kappa shape index (κ3) is 2.84. The Kier molecular flexibility index (Phi) is 4.46. The fourth-order valence-electron chi connectivity index (χ4n) is 2.72. The van der Waals surface area contributed by atoms with E-state index in [4.69, 9.17) is 0 Å². The Labute approximate surface area is 145 Å². The average molecular weight is 366 g/mol. The molecular formula is C15H14N2O5S2. The van der Waals surface area contributed by atoms with E-state index in [0.717, 1.165) is 9.78 Å². The molecule has 0 bridgehead atoms. The number of rotatable bonds is 5. The number of hydrogen-bond acceptors (Lipinski definition) is 6. The molecule has 3 heterocycles. The van der Waals surface area contributed by atoms with E-state index in [1.54, 1.807) is 0 Å². The second-order valence-corrected chi connectivity index (χ2v) is 7.47. The second kappa shape index (κ2) is 6.40. The molecule has 2 aliphatic heterocycles. The zero-order valence-corrected chi connectivity index (χ0v) is 14.2. The number of hydrogen-bond donors (Lipinski definition) is 2. The van der Waals surface area contributed by atoms with E-state index in [9.17, 15) is 24.3 Å². The van der Waals surface area contributed by atoms with Crippen LogP contribution >= 0.6 is 23.1 Å². The molecule has 126 valence electrons. The van der Waals surface area contributed by atoms with Crippen LogP contribution in [-0.2, 0) is 25.6 Å². The number of aliphatic carboxylic acids is 1. The van der Waals surface area contributed by atoms with Crippen LogP contribution in [-0.4, -0.2) is 51.0 Å². The van der Waals surface area contributed by atoms with Gasteiger partial charge in [-0.3, -0.25) is 14.4 Å². The summed E-state index contributed by atoms with van der Waals surface area (Å²) in [6, 6.07) is 1.61. The zero-order chi connectivity index (χ0) is 17.4. The summed E-state index contributed by atoms with van der Waals surface area (Å²) < 4.78 is 0. The standard InChI is InChI=1S/C15H14N2O5S2/c1-7(18)9-6-24-14-11(13(20)17(14)12(9)15(21)22)16-10(19)5-8-3-2-4-23-8/h2-4,6,11-12,14H,5H2,1H3,(H,16,19)(H,21,22)/t11?,12?,14-/m0/s1. The summed E-state index contributed by atoms with van der Waals surface area (Å²) in [6.45, 7) is 1.27. The summed E-state index contributed by atoms with van der Waals surface area (Å²) in [4.78, 5) is 49.4. The van der Waals surface area contributed by atoms with Crippen LogP contribution in [0.2, 0.25) is 0 Å². The Morgan fingerprint density at radius 1 is 1.38 bits per heavy atom. The lowest BCUT2D eigenvalue weighted by Gasteiger charge is -2.51. The maximum absolute atomic E-state index is 12.3. The van der Waals surface area contributed by atoms with Crippen LogP contribution in [0.3, 0.4) is 0 Å². The van der Waals surface area contributed by atoms with E-state index in [1.165, 1.54) is 35.4 Å². The van der Waals surface area contributed by atoms with Gasteiger partial charge in [-0.1, -0.05) is 6.07 Å². The van der Waals surface area contributed by atoms with Gasteiger partial charge in [0.2, 0.25) is 11.8 Å². The lowest BCUT2D eigenvalue weighted by molar-refractivity contribution is -0.160. The van der Waals surface area contributed by atoms with E-state index in [2.05, 4.69) is 5.32 Å². The fourth-order valence-corrected chi connectivity index (χ4v) is 4.70. The molecule has 0 aromatic carbocycles. The largest absolute Gasteiger partial charge is 0.479 e. The van der Waals surface area contributed by atoms with E-state index in [-0.39, 0.29) is 23.7 Å². The first-order valence-corrected chi connectivity index (χ1v) is 8.95. The minimum Gasteiger partial charge on any atom is -0.479 e. The molecule has 3 atom stereocenters. The van der Waals surface area contributed by atoms with Gasteiger partial charge in [0, 0.05) is 10.5 Å². The maximum atomic E-state index is 12.3. The maximum Gasteiger partial charge on any atom is 0.331 e. The lowest BCUT2D eigenvalue weighted by Crippen LogP contribution is -2.74. The summed E-state index contributed by atoms with van der Waals surface area (Å²) >= 11 is 2.63. The molecule has 2 amide bonds. The van der Waals surface area contributed by atoms with Crippen LogP contribution in [0.4, 0.5) is 0 Å². The van der Waals surface area contributed by atoms with Gasteiger partial charge in [-0.15, -0.1) is 23.1 Å². The monoisotopic (exact) mass is 366 g/mol. The van der Waals surface area contributed by atoms with Crippen LogP contribution in [0.25, 0.3) is 0 Å². The van der Waals surface area contributed by atoms with Crippen LogP contribution in [0.1, 0.15) is 11.8 Å². The van der Waals surface area contributed by atoms with E-state index < -0.39 is 29.3 Å². The molecule has 1 saturated heterocycles. The topological polar surface area (TPSA) is 104 Å². The summed E-state index contributed by atoms with van der Waals surface area (Å²) in [7, 11) is 0. The molecule has 2 N–H and O–H groups in total. The molecule has 1 aromatic rings. The van der Waals surface area contributed by atoms with Crippen molar-refractivity contribution in [3.8, 4) is 0 Å². The molecule has 2 aliphatic rings. The number of nitrogens with one attached hydrogen (secondary N) is 1.